The van der Waals surface area contributed by atoms with Gasteiger partial charge >= 0.3 is 11.7 Å². The Morgan fingerprint density at radius 3 is 2.50 bits per heavy atom. The van der Waals surface area contributed by atoms with Crippen LogP contribution in [0.25, 0.3) is 22.5 Å². The second-order valence-corrected chi connectivity index (χ2v) is 7.42. The molecular formula is C22H23N7O3. The number of nitrogens with zero attached hydrogens (tertiary/aromatic N) is 6. The third-order valence-corrected chi connectivity index (χ3v) is 5.16. The highest BCUT2D eigenvalue weighted by atomic mass is 16.4. The van der Waals surface area contributed by atoms with E-state index in [1.54, 1.807) is 4.57 Å². The molecule has 0 bridgehead atoms. The molecule has 0 spiro atoms. The van der Waals surface area contributed by atoms with E-state index in [0.29, 0.717) is 24.6 Å². The molecule has 0 amide bonds. The molecule has 4 rings (SSSR count). The lowest BCUT2D eigenvalue weighted by Gasteiger charge is -2.09. The third-order valence-electron chi connectivity index (χ3n) is 5.16. The first-order valence-electron chi connectivity index (χ1n) is 10.4. The van der Waals surface area contributed by atoms with Crippen LogP contribution in [0.15, 0.2) is 53.3 Å². The number of H-pyrrole nitrogens is 1. The highest BCUT2D eigenvalue weighted by Crippen LogP contribution is 2.29. The molecule has 0 unspecified atom stereocenters. The lowest BCUT2D eigenvalue weighted by Crippen LogP contribution is -2.28. The summed E-state index contributed by atoms with van der Waals surface area (Å²) in [4.78, 5) is 23.8. The van der Waals surface area contributed by atoms with E-state index in [2.05, 4.69) is 32.6 Å². The Kier molecular flexibility index (Phi) is 6.20. The summed E-state index contributed by atoms with van der Waals surface area (Å²) in [7, 11) is 0. The summed E-state index contributed by atoms with van der Waals surface area (Å²) < 4.78 is 2.57. The van der Waals surface area contributed by atoms with Crippen molar-refractivity contribution in [3.63, 3.8) is 0 Å². The van der Waals surface area contributed by atoms with Crippen LogP contribution in [0, 0.1) is 0 Å². The van der Waals surface area contributed by atoms with Crippen LogP contribution in [-0.4, -0.2) is 46.0 Å². The van der Waals surface area contributed by atoms with Gasteiger partial charge in [-0.05, 0) is 28.3 Å². The van der Waals surface area contributed by atoms with Gasteiger partial charge in [0.1, 0.15) is 12.4 Å². The molecule has 0 atom stereocenters. The number of unbranched alkanes of at least 4 members (excludes halogenated alkanes) is 1. The maximum atomic E-state index is 12.7. The van der Waals surface area contributed by atoms with E-state index in [9.17, 15) is 9.59 Å². The lowest BCUT2D eigenvalue weighted by molar-refractivity contribution is -0.137. The Morgan fingerprint density at radius 2 is 1.84 bits per heavy atom. The number of rotatable bonds is 9. The SMILES string of the molecule is CCCCc1nn(CC(=O)O)c(=O)n1Cc1ccc(-c2ccccc2-c2nn[nH]n2)cc1. The number of carbonyl (C=O) groups is 1. The van der Waals surface area contributed by atoms with E-state index in [1.165, 1.54) is 0 Å². The Balaban J connectivity index is 1.62. The van der Waals surface area contributed by atoms with Crippen LogP contribution < -0.4 is 5.69 Å². The minimum absolute atomic E-state index is 0.324. The second-order valence-electron chi connectivity index (χ2n) is 7.42. The van der Waals surface area contributed by atoms with Crippen molar-refractivity contribution < 1.29 is 9.90 Å². The number of tetrazole rings is 1. The zero-order chi connectivity index (χ0) is 22.5. The van der Waals surface area contributed by atoms with Crippen LogP contribution in [0.5, 0.6) is 0 Å². The summed E-state index contributed by atoms with van der Waals surface area (Å²) in [6, 6.07) is 15.7. The second kappa shape index (κ2) is 9.38. The number of hydrogen-bond acceptors (Lipinski definition) is 6. The largest absolute Gasteiger partial charge is 0.480 e. The van der Waals surface area contributed by atoms with Gasteiger partial charge in [-0.2, -0.15) is 10.3 Å². The molecule has 2 heterocycles. The van der Waals surface area contributed by atoms with Crippen molar-refractivity contribution in [1.82, 2.24) is 35.0 Å². The van der Waals surface area contributed by atoms with E-state index in [4.69, 9.17) is 5.11 Å². The highest BCUT2D eigenvalue weighted by Gasteiger charge is 2.16. The van der Waals surface area contributed by atoms with E-state index >= 15 is 0 Å². The quantitative estimate of drug-likeness (QED) is 0.414. The topological polar surface area (TPSA) is 132 Å². The first-order chi connectivity index (χ1) is 15.6. The van der Waals surface area contributed by atoms with E-state index < -0.39 is 18.2 Å². The van der Waals surface area contributed by atoms with Crippen molar-refractivity contribution in [2.75, 3.05) is 0 Å². The van der Waals surface area contributed by atoms with Gasteiger partial charge < -0.3 is 5.11 Å². The summed E-state index contributed by atoms with van der Waals surface area (Å²) in [5.41, 5.74) is 3.32. The van der Waals surface area contributed by atoms with E-state index in [1.807, 2.05) is 48.5 Å². The van der Waals surface area contributed by atoms with Crippen LogP contribution in [0.1, 0.15) is 31.2 Å². The summed E-state index contributed by atoms with van der Waals surface area (Å²) >= 11 is 0. The molecule has 0 fully saturated rings. The maximum Gasteiger partial charge on any atom is 0.346 e. The predicted molar refractivity (Wildman–Crippen MR) is 117 cm³/mol. The molecule has 2 aromatic carbocycles. The van der Waals surface area contributed by atoms with Crippen LogP contribution in [0.2, 0.25) is 0 Å². The van der Waals surface area contributed by atoms with Gasteiger partial charge in [-0.25, -0.2) is 9.48 Å². The smallest absolute Gasteiger partial charge is 0.346 e. The molecular weight excluding hydrogens is 410 g/mol. The Morgan fingerprint density at radius 1 is 1.09 bits per heavy atom. The average molecular weight is 433 g/mol. The number of aryl methyl sites for hydroxylation is 1. The monoisotopic (exact) mass is 433 g/mol. The lowest BCUT2D eigenvalue weighted by atomic mass is 9.98. The number of benzene rings is 2. The normalized spacial score (nSPS) is 11.0. The van der Waals surface area contributed by atoms with Gasteiger partial charge in [0.25, 0.3) is 0 Å². The molecule has 32 heavy (non-hydrogen) atoms. The van der Waals surface area contributed by atoms with Crippen molar-refractivity contribution in [3.8, 4) is 22.5 Å². The van der Waals surface area contributed by atoms with Crippen LogP contribution in [-0.2, 0) is 24.3 Å². The molecule has 0 saturated carbocycles. The van der Waals surface area contributed by atoms with Gasteiger partial charge in [0.2, 0.25) is 5.82 Å². The van der Waals surface area contributed by atoms with Crippen molar-refractivity contribution in [2.45, 2.75) is 39.3 Å². The molecule has 2 aromatic heterocycles. The Bertz CT molecular complexity index is 1260. The Labute approximate surface area is 183 Å². The molecule has 164 valence electrons. The van der Waals surface area contributed by atoms with Crippen molar-refractivity contribution in [2.24, 2.45) is 0 Å². The number of aliphatic carboxylic acids is 1. The van der Waals surface area contributed by atoms with Gasteiger partial charge in [0.15, 0.2) is 0 Å². The molecule has 0 saturated heterocycles. The van der Waals surface area contributed by atoms with Crippen LogP contribution in [0.3, 0.4) is 0 Å². The number of hydrogen-bond donors (Lipinski definition) is 2. The molecule has 4 aromatic rings. The first-order valence-corrected chi connectivity index (χ1v) is 10.4. The zero-order valence-electron chi connectivity index (χ0n) is 17.6. The fourth-order valence-electron chi connectivity index (χ4n) is 3.57. The maximum absolute atomic E-state index is 12.7. The van der Waals surface area contributed by atoms with Gasteiger partial charge in [-0.3, -0.25) is 9.36 Å². The number of aromatic amines is 1. The standard InChI is InChI=1S/C22H23N7O3/c1-2-3-8-19-25-29(14-20(30)31)22(32)28(19)13-15-9-11-16(12-10-15)17-6-4-5-7-18(17)21-23-26-27-24-21/h4-7,9-12H,2-3,8,13-14H2,1H3,(H,30,31)(H,23,24,26,27). The minimum atomic E-state index is -1.09. The predicted octanol–water partition coefficient (Wildman–Crippen LogP) is 2.37. The van der Waals surface area contributed by atoms with Crippen molar-refractivity contribution >= 4 is 5.97 Å². The fraction of sp³-hybridized carbons (Fsp3) is 0.273. The summed E-state index contributed by atoms with van der Waals surface area (Å²) in [5.74, 6) is 0.0238. The van der Waals surface area contributed by atoms with E-state index in [0.717, 1.165) is 39.8 Å². The summed E-state index contributed by atoms with van der Waals surface area (Å²) in [6.07, 6.45) is 2.44. The average Bonchev–Trinajstić information content (AvgIpc) is 3.43. The summed E-state index contributed by atoms with van der Waals surface area (Å²) in [5, 5.41) is 27.6. The molecule has 0 aliphatic heterocycles. The van der Waals surface area contributed by atoms with E-state index in [-0.39, 0.29) is 0 Å². The highest BCUT2D eigenvalue weighted by molar-refractivity contribution is 5.80. The molecule has 10 nitrogen and oxygen atoms in total. The number of aromatic nitrogens is 7. The van der Waals surface area contributed by atoms with Crippen LogP contribution >= 0.6 is 0 Å². The van der Waals surface area contributed by atoms with Crippen molar-refractivity contribution in [1.29, 1.82) is 0 Å². The van der Waals surface area contributed by atoms with Gasteiger partial charge in [0.05, 0.1) is 6.54 Å². The number of nitrogens with one attached hydrogen (secondary N) is 1. The molecule has 2 N–H and O–H groups in total. The fourth-order valence-corrected chi connectivity index (χ4v) is 3.57. The third kappa shape index (κ3) is 4.48. The molecule has 0 aliphatic carbocycles. The first kappa shape index (κ1) is 21.2. The number of carboxylic acids is 1. The molecule has 10 heteroatoms. The Hall–Kier alpha value is -4.08. The molecule has 0 aliphatic rings. The molecule has 0 radical (unpaired) electrons. The van der Waals surface area contributed by atoms with Gasteiger partial charge in [0, 0.05) is 12.0 Å². The zero-order valence-corrected chi connectivity index (χ0v) is 17.6. The van der Waals surface area contributed by atoms with Crippen LogP contribution in [0.4, 0.5) is 0 Å². The van der Waals surface area contributed by atoms with Crippen molar-refractivity contribution in [3.05, 3.63) is 70.4 Å². The van der Waals surface area contributed by atoms with Gasteiger partial charge in [-0.15, -0.1) is 10.2 Å². The summed E-state index contributed by atoms with van der Waals surface area (Å²) in [6.45, 7) is 1.93. The number of carboxylic acid groups (broad SMARTS) is 1. The van der Waals surface area contributed by atoms with Gasteiger partial charge in [-0.1, -0.05) is 61.9 Å². The minimum Gasteiger partial charge on any atom is -0.480 e.